The fraction of sp³-hybridized carbons (Fsp3) is 0.444. The van der Waals surface area contributed by atoms with Crippen LogP contribution in [0.4, 0.5) is 0 Å². The average molecular weight is 388 g/mol. The number of amides is 1. The lowest BCUT2D eigenvalue weighted by Crippen LogP contribution is -2.48. The standard InChI is InChI=1S/C18H23Cl2NO4/c1-6-15(25-12-9-13(19)11(2)14(20)10-12)17(23)21-18(3,4)8-7-16(22)24-5/h7-10,15H,6H2,1-5H3,(H,21,23)/b8-7+. The molecule has 0 bridgehead atoms. The van der Waals surface area contributed by atoms with Crippen molar-refractivity contribution in [2.75, 3.05) is 7.11 Å². The van der Waals surface area contributed by atoms with Crippen LogP contribution in [0.3, 0.4) is 0 Å². The van der Waals surface area contributed by atoms with Crippen LogP contribution in [0.1, 0.15) is 32.8 Å². The van der Waals surface area contributed by atoms with Crippen LogP contribution in [0, 0.1) is 6.92 Å². The van der Waals surface area contributed by atoms with Gasteiger partial charge in [0.2, 0.25) is 0 Å². The van der Waals surface area contributed by atoms with E-state index in [1.54, 1.807) is 39.0 Å². The molecule has 1 amide bonds. The van der Waals surface area contributed by atoms with E-state index in [2.05, 4.69) is 10.1 Å². The van der Waals surface area contributed by atoms with Gasteiger partial charge in [-0.3, -0.25) is 4.79 Å². The molecule has 0 saturated heterocycles. The average Bonchev–Trinajstić information content (AvgIpc) is 2.54. The van der Waals surface area contributed by atoms with Gasteiger partial charge in [-0.05, 0) is 44.9 Å². The molecule has 1 aromatic carbocycles. The molecular formula is C18H23Cl2NO4. The van der Waals surface area contributed by atoms with Gasteiger partial charge in [-0.15, -0.1) is 0 Å². The molecule has 0 aliphatic carbocycles. The summed E-state index contributed by atoms with van der Waals surface area (Å²) in [7, 11) is 1.29. The van der Waals surface area contributed by atoms with Gasteiger partial charge in [-0.1, -0.05) is 36.2 Å². The van der Waals surface area contributed by atoms with Crippen molar-refractivity contribution in [2.24, 2.45) is 0 Å². The maximum absolute atomic E-state index is 12.5. The summed E-state index contributed by atoms with van der Waals surface area (Å²) < 4.78 is 10.3. The van der Waals surface area contributed by atoms with E-state index in [0.717, 1.165) is 5.56 Å². The van der Waals surface area contributed by atoms with E-state index < -0.39 is 17.6 Å². The van der Waals surface area contributed by atoms with Crippen molar-refractivity contribution in [1.29, 1.82) is 0 Å². The maximum Gasteiger partial charge on any atom is 0.330 e. The Labute approximate surface area is 158 Å². The lowest BCUT2D eigenvalue weighted by atomic mass is 10.0. The Balaban J connectivity index is 2.84. The van der Waals surface area contributed by atoms with Crippen molar-refractivity contribution < 1.29 is 19.1 Å². The van der Waals surface area contributed by atoms with Crippen molar-refractivity contribution in [3.05, 3.63) is 39.9 Å². The molecule has 25 heavy (non-hydrogen) atoms. The number of carbonyl (C=O) groups excluding carboxylic acids is 2. The Bertz CT molecular complexity index is 648. The van der Waals surface area contributed by atoms with Gasteiger partial charge in [0.05, 0.1) is 12.6 Å². The summed E-state index contributed by atoms with van der Waals surface area (Å²) in [5.41, 5.74) is 0.00668. The zero-order chi connectivity index (χ0) is 19.2. The fourth-order valence-electron chi connectivity index (χ4n) is 1.96. The summed E-state index contributed by atoms with van der Waals surface area (Å²) in [6, 6.07) is 3.25. The summed E-state index contributed by atoms with van der Waals surface area (Å²) in [5.74, 6) is -0.380. The zero-order valence-corrected chi connectivity index (χ0v) is 16.5. The van der Waals surface area contributed by atoms with Crippen LogP contribution in [0.2, 0.25) is 10.0 Å². The molecule has 0 aliphatic heterocycles. The highest BCUT2D eigenvalue weighted by Gasteiger charge is 2.25. The molecule has 5 nitrogen and oxygen atoms in total. The second-order valence-corrected chi connectivity index (χ2v) is 6.91. The van der Waals surface area contributed by atoms with Gasteiger partial charge in [0.1, 0.15) is 5.75 Å². The number of benzene rings is 1. The summed E-state index contributed by atoms with van der Waals surface area (Å²) >= 11 is 12.2. The van der Waals surface area contributed by atoms with Crippen LogP contribution in [-0.4, -0.2) is 30.6 Å². The van der Waals surface area contributed by atoms with E-state index in [-0.39, 0.29) is 5.91 Å². The van der Waals surface area contributed by atoms with Crippen molar-refractivity contribution in [3.8, 4) is 5.75 Å². The third-order valence-electron chi connectivity index (χ3n) is 3.48. The van der Waals surface area contributed by atoms with E-state index in [1.165, 1.54) is 13.2 Å². The molecule has 0 aliphatic rings. The summed E-state index contributed by atoms with van der Waals surface area (Å²) in [4.78, 5) is 23.7. The van der Waals surface area contributed by atoms with Gasteiger partial charge in [-0.2, -0.15) is 0 Å². The first kappa shape index (κ1) is 21.3. The normalized spacial score (nSPS) is 12.8. The molecule has 0 heterocycles. The SMILES string of the molecule is CCC(Oc1cc(Cl)c(C)c(Cl)c1)C(=O)NC(C)(C)/C=C/C(=O)OC. The Morgan fingerprint density at radius 2 is 1.84 bits per heavy atom. The maximum atomic E-state index is 12.5. The lowest BCUT2D eigenvalue weighted by Gasteiger charge is -2.26. The molecule has 0 spiro atoms. The van der Waals surface area contributed by atoms with E-state index in [1.807, 2.05) is 6.92 Å². The molecule has 1 atom stereocenters. The number of hydrogen-bond donors (Lipinski definition) is 1. The molecule has 1 aromatic rings. The van der Waals surface area contributed by atoms with Crippen molar-refractivity contribution in [1.82, 2.24) is 5.32 Å². The third-order valence-corrected chi connectivity index (χ3v) is 4.26. The number of carbonyl (C=O) groups is 2. The quantitative estimate of drug-likeness (QED) is 0.565. The monoisotopic (exact) mass is 387 g/mol. The Morgan fingerprint density at radius 1 is 1.28 bits per heavy atom. The first-order valence-electron chi connectivity index (χ1n) is 7.81. The van der Waals surface area contributed by atoms with Crippen LogP contribution in [-0.2, 0) is 14.3 Å². The number of esters is 1. The second-order valence-electron chi connectivity index (χ2n) is 6.09. The van der Waals surface area contributed by atoms with E-state index in [4.69, 9.17) is 27.9 Å². The highest BCUT2D eigenvalue weighted by atomic mass is 35.5. The van der Waals surface area contributed by atoms with Crippen LogP contribution in [0.5, 0.6) is 5.75 Å². The first-order valence-corrected chi connectivity index (χ1v) is 8.56. The topological polar surface area (TPSA) is 64.6 Å². The largest absolute Gasteiger partial charge is 0.481 e. The van der Waals surface area contributed by atoms with E-state index in [9.17, 15) is 9.59 Å². The van der Waals surface area contributed by atoms with Crippen LogP contribution in [0.25, 0.3) is 0 Å². The predicted octanol–water partition coefficient (Wildman–Crippen LogP) is 4.08. The minimum absolute atomic E-state index is 0.310. The molecule has 0 saturated carbocycles. The summed E-state index contributed by atoms with van der Waals surface area (Å²) in [5, 5.41) is 3.77. The molecule has 0 aromatic heterocycles. The molecule has 1 unspecified atom stereocenters. The van der Waals surface area contributed by atoms with Gasteiger partial charge in [-0.25, -0.2) is 4.79 Å². The summed E-state index contributed by atoms with van der Waals surface area (Å²) in [6.07, 6.45) is 2.55. The van der Waals surface area contributed by atoms with Gasteiger partial charge in [0, 0.05) is 16.1 Å². The van der Waals surface area contributed by atoms with Crippen molar-refractivity contribution in [2.45, 2.75) is 45.8 Å². The number of methoxy groups -OCH3 is 1. The molecule has 7 heteroatoms. The van der Waals surface area contributed by atoms with Gasteiger partial charge < -0.3 is 14.8 Å². The molecule has 0 radical (unpaired) electrons. The Kier molecular flexibility index (Phi) is 7.77. The first-order chi connectivity index (χ1) is 11.6. The van der Waals surface area contributed by atoms with Gasteiger partial charge in [0.15, 0.2) is 6.10 Å². The molecule has 138 valence electrons. The summed E-state index contributed by atoms with van der Waals surface area (Å²) in [6.45, 7) is 7.15. The fourth-order valence-corrected chi connectivity index (χ4v) is 2.43. The highest BCUT2D eigenvalue weighted by molar-refractivity contribution is 6.36. The number of nitrogens with one attached hydrogen (secondary N) is 1. The smallest absolute Gasteiger partial charge is 0.330 e. The van der Waals surface area contributed by atoms with Crippen LogP contribution >= 0.6 is 23.2 Å². The van der Waals surface area contributed by atoms with Crippen molar-refractivity contribution in [3.63, 3.8) is 0 Å². The number of halogens is 2. The van der Waals surface area contributed by atoms with Crippen LogP contribution in [0.15, 0.2) is 24.3 Å². The molecule has 1 rings (SSSR count). The predicted molar refractivity (Wildman–Crippen MR) is 99.3 cm³/mol. The third kappa shape index (κ3) is 6.59. The molecule has 1 N–H and O–H groups in total. The Morgan fingerprint density at radius 3 is 2.32 bits per heavy atom. The second kappa shape index (κ2) is 9.11. The minimum Gasteiger partial charge on any atom is -0.481 e. The van der Waals surface area contributed by atoms with E-state index >= 15 is 0 Å². The van der Waals surface area contributed by atoms with Gasteiger partial charge in [0.25, 0.3) is 5.91 Å². The molecular weight excluding hydrogens is 365 g/mol. The van der Waals surface area contributed by atoms with E-state index in [0.29, 0.717) is 22.2 Å². The van der Waals surface area contributed by atoms with Crippen LogP contribution < -0.4 is 10.1 Å². The number of rotatable bonds is 7. The zero-order valence-electron chi connectivity index (χ0n) is 15.0. The minimum atomic E-state index is -0.745. The lowest BCUT2D eigenvalue weighted by molar-refractivity contribution is -0.135. The number of ether oxygens (including phenoxy) is 2. The number of hydrogen-bond acceptors (Lipinski definition) is 4. The van der Waals surface area contributed by atoms with Crippen molar-refractivity contribution >= 4 is 35.1 Å². The highest BCUT2D eigenvalue weighted by Crippen LogP contribution is 2.30. The Hall–Kier alpha value is -1.72. The molecule has 0 fully saturated rings. The van der Waals surface area contributed by atoms with Gasteiger partial charge >= 0.3 is 5.97 Å².